The van der Waals surface area contributed by atoms with Crippen LogP contribution in [0.25, 0.3) is 10.9 Å². The minimum atomic E-state index is -0.952. The van der Waals surface area contributed by atoms with Gasteiger partial charge < -0.3 is 14.9 Å². The zero-order valence-corrected chi connectivity index (χ0v) is 12.0. The van der Waals surface area contributed by atoms with E-state index in [4.69, 9.17) is 5.11 Å². The van der Waals surface area contributed by atoms with Crippen molar-refractivity contribution in [3.63, 3.8) is 0 Å². The average Bonchev–Trinajstić information content (AvgIpc) is 2.43. The van der Waals surface area contributed by atoms with Gasteiger partial charge in [0.2, 0.25) is 0 Å². The van der Waals surface area contributed by atoms with E-state index in [-0.39, 0.29) is 5.56 Å². The highest BCUT2D eigenvalue weighted by atomic mass is 16.4. The van der Waals surface area contributed by atoms with Crippen molar-refractivity contribution in [3.05, 3.63) is 36.0 Å². The van der Waals surface area contributed by atoms with Crippen LogP contribution in [0.1, 0.15) is 10.4 Å². The third-order valence-electron chi connectivity index (χ3n) is 3.24. The van der Waals surface area contributed by atoms with E-state index in [0.717, 1.165) is 29.7 Å². The van der Waals surface area contributed by atoms with Crippen molar-refractivity contribution in [3.8, 4) is 0 Å². The number of likely N-dealkylation sites (N-methyl/N-ethyl adjacent to an activating group) is 2. The summed E-state index contributed by atoms with van der Waals surface area (Å²) >= 11 is 0. The molecule has 0 radical (unpaired) electrons. The molecule has 5 heteroatoms. The van der Waals surface area contributed by atoms with E-state index in [0.29, 0.717) is 0 Å². The molecule has 5 nitrogen and oxygen atoms in total. The fourth-order valence-corrected chi connectivity index (χ4v) is 1.94. The molecule has 0 bridgehead atoms. The molecule has 0 aliphatic carbocycles. The molecule has 0 spiro atoms. The van der Waals surface area contributed by atoms with Gasteiger partial charge in [0.25, 0.3) is 0 Å². The van der Waals surface area contributed by atoms with Gasteiger partial charge in [0, 0.05) is 37.4 Å². The SMILES string of the molecule is CN(C)CCN(C)c1ccc2cc(C(=O)O)cnc2c1. The van der Waals surface area contributed by atoms with Gasteiger partial charge in [0.1, 0.15) is 0 Å². The number of aromatic carboxylic acids is 1. The Bertz CT molecular complexity index is 626. The lowest BCUT2D eigenvalue weighted by Gasteiger charge is -2.21. The molecule has 0 aliphatic rings. The second-order valence-corrected chi connectivity index (χ2v) is 5.13. The van der Waals surface area contributed by atoms with Crippen LogP contribution in [0.5, 0.6) is 0 Å². The Balaban J connectivity index is 2.25. The molecule has 1 aromatic carbocycles. The topological polar surface area (TPSA) is 56.7 Å². The number of carbonyl (C=O) groups is 1. The number of hydrogen-bond donors (Lipinski definition) is 1. The maximum absolute atomic E-state index is 10.9. The van der Waals surface area contributed by atoms with Gasteiger partial charge >= 0.3 is 5.97 Å². The van der Waals surface area contributed by atoms with Gasteiger partial charge in [-0.1, -0.05) is 6.07 Å². The summed E-state index contributed by atoms with van der Waals surface area (Å²) in [4.78, 5) is 19.4. The third kappa shape index (κ3) is 3.24. The summed E-state index contributed by atoms with van der Waals surface area (Å²) < 4.78 is 0. The van der Waals surface area contributed by atoms with Crippen LogP contribution < -0.4 is 4.90 Å². The van der Waals surface area contributed by atoms with Crippen LogP contribution in [0.15, 0.2) is 30.5 Å². The first-order valence-electron chi connectivity index (χ1n) is 6.46. The van der Waals surface area contributed by atoms with Crippen molar-refractivity contribution < 1.29 is 9.90 Å². The molecule has 0 fully saturated rings. The lowest BCUT2D eigenvalue weighted by molar-refractivity contribution is 0.0696. The van der Waals surface area contributed by atoms with Crippen molar-refractivity contribution in [1.82, 2.24) is 9.88 Å². The van der Waals surface area contributed by atoms with Gasteiger partial charge in [-0.15, -0.1) is 0 Å². The molecule has 2 rings (SSSR count). The Morgan fingerprint density at radius 2 is 1.95 bits per heavy atom. The molecular weight excluding hydrogens is 254 g/mol. The monoisotopic (exact) mass is 273 g/mol. The molecule has 0 saturated heterocycles. The highest BCUT2D eigenvalue weighted by molar-refractivity contribution is 5.93. The predicted octanol–water partition coefficient (Wildman–Crippen LogP) is 1.93. The molecule has 1 N–H and O–H groups in total. The van der Waals surface area contributed by atoms with E-state index in [1.165, 1.54) is 6.20 Å². The van der Waals surface area contributed by atoms with E-state index in [1.807, 2.05) is 39.3 Å². The number of aromatic nitrogens is 1. The molecule has 0 amide bonds. The smallest absolute Gasteiger partial charge is 0.337 e. The standard InChI is InChI=1S/C15H19N3O2/c1-17(2)6-7-18(3)13-5-4-11-8-12(15(19)20)10-16-14(11)9-13/h4-5,8-10H,6-7H2,1-3H3,(H,19,20). The summed E-state index contributed by atoms with van der Waals surface area (Å²) in [5.74, 6) is -0.952. The van der Waals surface area contributed by atoms with Gasteiger partial charge in [0.15, 0.2) is 0 Å². The van der Waals surface area contributed by atoms with Gasteiger partial charge in [0.05, 0.1) is 11.1 Å². The molecular formula is C15H19N3O2. The van der Waals surface area contributed by atoms with Crippen molar-refractivity contribution in [2.24, 2.45) is 0 Å². The Morgan fingerprint density at radius 1 is 1.20 bits per heavy atom. The summed E-state index contributed by atoms with van der Waals surface area (Å²) in [6.07, 6.45) is 1.40. The highest BCUT2D eigenvalue weighted by Gasteiger charge is 2.07. The van der Waals surface area contributed by atoms with Crippen LogP contribution in [0.4, 0.5) is 5.69 Å². The quantitative estimate of drug-likeness (QED) is 0.902. The van der Waals surface area contributed by atoms with Gasteiger partial charge in [-0.3, -0.25) is 4.98 Å². The molecule has 2 aromatic rings. The van der Waals surface area contributed by atoms with Crippen molar-refractivity contribution >= 4 is 22.6 Å². The average molecular weight is 273 g/mol. The first-order valence-corrected chi connectivity index (χ1v) is 6.46. The molecule has 0 saturated carbocycles. The zero-order valence-electron chi connectivity index (χ0n) is 12.0. The van der Waals surface area contributed by atoms with Crippen LogP contribution in [0.2, 0.25) is 0 Å². The van der Waals surface area contributed by atoms with Crippen LogP contribution in [-0.4, -0.2) is 55.2 Å². The van der Waals surface area contributed by atoms with E-state index in [9.17, 15) is 4.79 Å². The van der Waals surface area contributed by atoms with Gasteiger partial charge in [-0.2, -0.15) is 0 Å². The van der Waals surface area contributed by atoms with E-state index in [2.05, 4.69) is 14.8 Å². The number of fused-ring (bicyclic) bond motifs is 1. The molecule has 0 aliphatic heterocycles. The summed E-state index contributed by atoms with van der Waals surface area (Å²) in [5.41, 5.74) is 2.10. The number of rotatable bonds is 5. The normalized spacial score (nSPS) is 11.0. The maximum Gasteiger partial charge on any atom is 0.337 e. The van der Waals surface area contributed by atoms with E-state index >= 15 is 0 Å². The third-order valence-corrected chi connectivity index (χ3v) is 3.24. The van der Waals surface area contributed by atoms with Gasteiger partial charge in [-0.05, 0) is 32.3 Å². The number of pyridine rings is 1. The molecule has 20 heavy (non-hydrogen) atoms. The Labute approximate surface area is 118 Å². The molecule has 1 heterocycles. The van der Waals surface area contributed by atoms with Crippen LogP contribution in [0.3, 0.4) is 0 Å². The number of benzene rings is 1. The molecule has 106 valence electrons. The Morgan fingerprint density at radius 3 is 2.60 bits per heavy atom. The Kier molecular flexibility index (Phi) is 4.20. The zero-order chi connectivity index (χ0) is 14.7. The Hall–Kier alpha value is -2.14. The number of anilines is 1. The van der Waals surface area contributed by atoms with Crippen LogP contribution >= 0.6 is 0 Å². The minimum absolute atomic E-state index is 0.214. The lowest BCUT2D eigenvalue weighted by Crippen LogP contribution is -2.28. The maximum atomic E-state index is 10.9. The van der Waals surface area contributed by atoms with Crippen molar-refractivity contribution in [2.75, 3.05) is 39.1 Å². The largest absolute Gasteiger partial charge is 0.478 e. The van der Waals surface area contributed by atoms with E-state index < -0.39 is 5.97 Å². The lowest BCUT2D eigenvalue weighted by atomic mass is 10.1. The summed E-state index contributed by atoms with van der Waals surface area (Å²) in [7, 11) is 6.13. The first kappa shape index (κ1) is 14.3. The minimum Gasteiger partial charge on any atom is -0.478 e. The second-order valence-electron chi connectivity index (χ2n) is 5.13. The highest BCUT2D eigenvalue weighted by Crippen LogP contribution is 2.20. The number of carboxylic acids is 1. The summed E-state index contributed by atoms with van der Waals surface area (Å²) in [6, 6.07) is 7.53. The van der Waals surface area contributed by atoms with Gasteiger partial charge in [-0.25, -0.2) is 4.79 Å². The number of nitrogens with zero attached hydrogens (tertiary/aromatic N) is 3. The van der Waals surface area contributed by atoms with Crippen molar-refractivity contribution in [2.45, 2.75) is 0 Å². The molecule has 1 aromatic heterocycles. The second kappa shape index (κ2) is 5.88. The van der Waals surface area contributed by atoms with Crippen molar-refractivity contribution in [1.29, 1.82) is 0 Å². The fourth-order valence-electron chi connectivity index (χ4n) is 1.94. The predicted molar refractivity (Wildman–Crippen MR) is 80.5 cm³/mol. The van der Waals surface area contributed by atoms with Crippen LogP contribution in [-0.2, 0) is 0 Å². The fraction of sp³-hybridized carbons (Fsp3) is 0.333. The number of carboxylic acid groups (broad SMARTS) is 1. The van der Waals surface area contributed by atoms with Crippen LogP contribution in [0, 0.1) is 0 Å². The van der Waals surface area contributed by atoms with E-state index in [1.54, 1.807) is 6.07 Å². The summed E-state index contributed by atoms with van der Waals surface area (Å²) in [5, 5.41) is 9.80. The number of hydrogen-bond acceptors (Lipinski definition) is 4. The summed E-state index contributed by atoms with van der Waals surface area (Å²) in [6.45, 7) is 1.89. The molecule has 0 atom stereocenters. The first-order chi connectivity index (χ1) is 9.47. The molecule has 0 unspecified atom stereocenters.